The largest absolute Gasteiger partial charge is 0.457 e. The molecule has 4 nitrogen and oxygen atoms in total. The van der Waals surface area contributed by atoms with Gasteiger partial charge in [-0.1, -0.05) is 61.5 Å². The van der Waals surface area contributed by atoms with Crippen molar-refractivity contribution in [2.24, 2.45) is 0 Å². The van der Waals surface area contributed by atoms with Crippen LogP contribution in [0.3, 0.4) is 0 Å². The van der Waals surface area contributed by atoms with E-state index in [0.29, 0.717) is 5.89 Å². The molecular formula is C42H30N2O2S. The van der Waals surface area contributed by atoms with Gasteiger partial charge >= 0.3 is 0 Å². The van der Waals surface area contributed by atoms with Gasteiger partial charge in [-0.3, -0.25) is 0 Å². The van der Waals surface area contributed by atoms with Crippen LogP contribution in [-0.2, 0) is 0 Å². The Morgan fingerprint density at radius 2 is 1.38 bits per heavy atom. The quantitative estimate of drug-likeness (QED) is 0.190. The summed E-state index contributed by atoms with van der Waals surface area (Å²) < 4.78 is 15.6. The monoisotopic (exact) mass is 626 g/mol. The van der Waals surface area contributed by atoms with Crippen molar-refractivity contribution >= 4 is 65.4 Å². The molecule has 0 saturated heterocycles. The summed E-state index contributed by atoms with van der Waals surface area (Å²) in [5.74, 6) is 2.65. The van der Waals surface area contributed by atoms with Crippen LogP contribution >= 0.6 is 11.3 Å². The summed E-state index contributed by atoms with van der Waals surface area (Å²) in [6.07, 6.45) is 3.10. The first-order valence-electron chi connectivity index (χ1n) is 15.9. The van der Waals surface area contributed by atoms with Gasteiger partial charge in [0.1, 0.15) is 17.0 Å². The van der Waals surface area contributed by atoms with Crippen LogP contribution in [0.1, 0.15) is 30.4 Å². The molecule has 0 bridgehead atoms. The number of hydrogen-bond acceptors (Lipinski definition) is 5. The number of allylic oxidation sites excluding steroid dienone is 1. The van der Waals surface area contributed by atoms with Gasteiger partial charge in [0, 0.05) is 48.4 Å². The molecule has 1 atom stereocenters. The first-order valence-corrected chi connectivity index (χ1v) is 16.7. The lowest BCUT2D eigenvalue weighted by Gasteiger charge is -2.25. The van der Waals surface area contributed by atoms with E-state index in [2.05, 4.69) is 139 Å². The van der Waals surface area contributed by atoms with E-state index in [1.165, 1.54) is 20.2 Å². The Labute approximate surface area is 276 Å². The van der Waals surface area contributed by atoms with Crippen LogP contribution in [-0.4, -0.2) is 4.98 Å². The highest BCUT2D eigenvalue weighted by molar-refractivity contribution is 7.25. The lowest BCUT2D eigenvalue weighted by molar-refractivity contribution is 0.510. The number of para-hydroxylation sites is 2. The van der Waals surface area contributed by atoms with E-state index >= 15 is 0 Å². The Hall–Kier alpha value is -5.65. The van der Waals surface area contributed by atoms with Crippen molar-refractivity contribution in [2.75, 3.05) is 4.90 Å². The summed E-state index contributed by atoms with van der Waals surface area (Å²) in [5, 5.41) is 2.57. The van der Waals surface area contributed by atoms with Gasteiger partial charge in [0.2, 0.25) is 5.89 Å². The molecule has 1 aliphatic heterocycles. The van der Waals surface area contributed by atoms with Crippen LogP contribution in [0.5, 0.6) is 5.75 Å². The molecule has 5 heteroatoms. The summed E-state index contributed by atoms with van der Waals surface area (Å²) >= 11 is 1.83. The van der Waals surface area contributed by atoms with E-state index in [-0.39, 0.29) is 5.92 Å². The number of hydrogen-bond donors (Lipinski definition) is 0. The third-order valence-electron chi connectivity index (χ3n) is 8.98. The van der Waals surface area contributed by atoms with Gasteiger partial charge in [0.25, 0.3) is 0 Å². The van der Waals surface area contributed by atoms with Gasteiger partial charge in [-0.2, -0.15) is 0 Å². The highest BCUT2D eigenvalue weighted by Crippen LogP contribution is 2.42. The average Bonchev–Trinajstić information content (AvgIpc) is 3.67. The summed E-state index contributed by atoms with van der Waals surface area (Å²) in [7, 11) is 0. The normalized spacial score (nSPS) is 14.5. The van der Waals surface area contributed by atoms with E-state index in [1.807, 2.05) is 29.5 Å². The number of ether oxygens (including phenoxy) is 1. The van der Waals surface area contributed by atoms with E-state index < -0.39 is 0 Å². The van der Waals surface area contributed by atoms with Crippen LogP contribution in [0.4, 0.5) is 17.1 Å². The minimum atomic E-state index is 0.273. The molecule has 0 radical (unpaired) electrons. The fraction of sp³-hybridized carbons (Fsp3) is 0.0714. The van der Waals surface area contributed by atoms with Gasteiger partial charge in [-0.05, 0) is 109 Å². The molecule has 1 unspecified atom stereocenters. The minimum Gasteiger partial charge on any atom is -0.457 e. The average molecular weight is 627 g/mol. The smallest absolute Gasteiger partial charge is 0.227 e. The van der Waals surface area contributed by atoms with Crippen molar-refractivity contribution in [3.8, 4) is 17.2 Å². The third-order valence-corrected chi connectivity index (χ3v) is 10.1. The number of oxazole rings is 1. The second-order valence-electron chi connectivity index (χ2n) is 12.0. The predicted octanol–water partition coefficient (Wildman–Crippen LogP) is 12.3. The third kappa shape index (κ3) is 4.96. The molecule has 3 heterocycles. The molecule has 47 heavy (non-hydrogen) atoms. The molecule has 8 aromatic rings. The van der Waals surface area contributed by atoms with Crippen LogP contribution in [0.2, 0.25) is 0 Å². The molecule has 0 aliphatic carbocycles. The maximum absolute atomic E-state index is 6.63. The summed E-state index contributed by atoms with van der Waals surface area (Å²) in [5.41, 5.74) is 7.94. The van der Waals surface area contributed by atoms with Gasteiger partial charge in [0.05, 0.1) is 0 Å². The number of nitrogens with zero attached hydrogens (tertiary/aromatic N) is 2. The Morgan fingerprint density at radius 1 is 0.660 bits per heavy atom. The van der Waals surface area contributed by atoms with E-state index in [4.69, 9.17) is 14.1 Å². The molecule has 0 saturated carbocycles. The van der Waals surface area contributed by atoms with Crippen molar-refractivity contribution in [1.82, 2.24) is 4.98 Å². The standard InChI is InChI=1S/C42H30N2O2S/c1-27-16-20-37(28-18-23-41-35(24-28)33-14-8-9-15-40(33)47-41)45-38-21-17-29(25-34(27)38)42-43-36-26-32(19-22-39(36)46-42)44(30-10-4-2-5-11-30)31-12-6-3-7-13-31/h2-15,17-27H,16H2,1H3. The maximum Gasteiger partial charge on any atom is 0.227 e. The Morgan fingerprint density at radius 3 is 2.19 bits per heavy atom. The van der Waals surface area contributed by atoms with E-state index in [1.54, 1.807) is 0 Å². The first kappa shape index (κ1) is 27.6. The van der Waals surface area contributed by atoms with Crippen molar-refractivity contribution < 1.29 is 9.15 Å². The van der Waals surface area contributed by atoms with Gasteiger partial charge in [-0.15, -0.1) is 11.3 Å². The first-order chi connectivity index (χ1) is 23.2. The molecule has 9 rings (SSSR count). The van der Waals surface area contributed by atoms with E-state index in [0.717, 1.165) is 62.8 Å². The zero-order valence-corrected chi connectivity index (χ0v) is 26.6. The summed E-state index contributed by atoms with van der Waals surface area (Å²) in [6.45, 7) is 2.25. The molecule has 226 valence electrons. The molecule has 0 N–H and O–H groups in total. The zero-order chi connectivity index (χ0) is 31.3. The number of thiophene rings is 1. The van der Waals surface area contributed by atoms with Crippen molar-refractivity contribution in [3.63, 3.8) is 0 Å². The highest BCUT2D eigenvalue weighted by atomic mass is 32.1. The fourth-order valence-electron chi connectivity index (χ4n) is 6.57. The number of rotatable bonds is 5. The molecular weight excluding hydrogens is 597 g/mol. The molecule has 2 aromatic heterocycles. The van der Waals surface area contributed by atoms with Crippen molar-refractivity contribution in [2.45, 2.75) is 19.3 Å². The number of aromatic nitrogens is 1. The van der Waals surface area contributed by atoms with Crippen molar-refractivity contribution in [3.05, 3.63) is 157 Å². The van der Waals surface area contributed by atoms with Gasteiger partial charge in [-0.25, -0.2) is 4.98 Å². The Balaban J connectivity index is 1.04. The molecule has 0 spiro atoms. The molecule has 1 aliphatic rings. The molecule has 0 fully saturated rings. The van der Waals surface area contributed by atoms with Gasteiger partial charge < -0.3 is 14.1 Å². The Bertz CT molecular complexity index is 2400. The maximum atomic E-state index is 6.63. The van der Waals surface area contributed by atoms with E-state index in [9.17, 15) is 0 Å². The van der Waals surface area contributed by atoms with Crippen LogP contribution in [0.25, 0.3) is 48.5 Å². The second-order valence-corrected chi connectivity index (χ2v) is 13.1. The lowest BCUT2D eigenvalue weighted by Crippen LogP contribution is -2.09. The number of fused-ring (bicyclic) bond motifs is 5. The predicted molar refractivity (Wildman–Crippen MR) is 195 cm³/mol. The highest BCUT2D eigenvalue weighted by Gasteiger charge is 2.21. The van der Waals surface area contributed by atoms with Crippen LogP contribution in [0.15, 0.2) is 150 Å². The molecule has 6 aromatic carbocycles. The SMILES string of the molecule is CC1CC=C(c2ccc3sc4ccccc4c3c2)Oc2ccc(-c3nc4cc(N(c5ccccc5)c5ccccc5)ccc4o3)cc21. The summed E-state index contributed by atoms with van der Waals surface area (Å²) in [6, 6.07) is 48.5. The van der Waals surface area contributed by atoms with Crippen LogP contribution < -0.4 is 9.64 Å². The number of anilines is 3. The summed E-state index contributed by atoms with van der Waals surface area (Å²) in [4.78, 5) is 7.21. The van der Waals surface area contributed by atoms with Crippen LogP contribution in [0, 0.1) is 0 Å². The molecule has 0 amide bonds. The number of benzene rings is 6. The van der Waals surface area contributed by atoms with Gasteiger partial charge in [0.15, 0.2) is 5.58 Å². The minimum absolute atomic E-state index is 0.273. The fourth-order valence-corrected chi connectivity index (χ4v) is 7.65. The lowest BCUT2D eigenvalue weighted by atomic mass is 9.95. The Kier molecular flexibility index (Phi) is 6.65. The zero-order valence-electron chi connectivity index (χ0n) is 25.8. The second kappa shape index (κ2) is 11.3. The topological polar surface area (TPSA) is 38.5 Å². The van der Waals surface area contributed by atoms with Crippen molar-refractivity contribution in [1.29, 1.82) is 0 Å².